The molecule has 9 nitrogen and oxygen atoms in total. The molecule has 0 spiro atoms. The molecule has 37 heavy (non-hydrogen) atoms. The molecule has 0 radical (unpaired) electrons. The molecule has 1 aliphatic rings. The Bertz CT molecular complexity index is 1410. The van der Waals surface area contributed by atoms with E-state index in [0.29, 0.717) is 60.2 Å². The average Bonchev–Trinajstić information content (AvgIpc) is 2.96. The standard InChI is InChI=1S/C27H28N4O5S/c1-29(22-8-10-23(35-2)11-9-22)37(33,34)24-12-13-26(36-3)25(18-24)30-14-16-31(17-15-30)27(32)21-6-4-20(19-28)5-7-21/h4-13,18H,14-17H2,1-3H3. The predicted octanol–water partition coefficient (Wildman–Crippen LogP) is 3.36. The van der Waals surface area contributed by atoms with Crippen LogP contribution in [0.15, 0.2) is 71.6 Å². The minimum atomic E-state index is -3.84. The first kappa shape index (κ1) is 25.9. The van der Waals surface area contributed by atoms with Crippen molar-refractivity contribution in [3.05, 3.63) is 77.9 Å². The first-order chi connectivity index (χ1) is 17.8. The molecule has 3 aromatic carbocycles. The van der Waals surface area contributed by atoms with Gasteiger partial charge in [0.05, 0.1) is 42.1 Å². The number of carbonyl (C=O) groups excluding carboxylic acids is 1. The molecular formula is C27H28N4O5S. The molecule has 1 heterocycles. The minimum Gasteiger partial charge on any atom is -0.497 e. The summed E-state index contributed by atoms with van der Waals surface area (Å²) in [5.41, 5.74) is 2.19. The van der Waals surface area contributed by atoms with Crippen molar-refractivity contribution in [2.24, 2.45) is 0 Å². The van der Waals surface area contributed by atoms with Gasteiger partial charge < -0.3 is 19.3 Å². The van der Waals surface area contributed by atoms with Crippen LogP contribution in [0.25, 0.3) is 0 Å². The summed E-state index contributed by atoms with van der Waals surface area (Å²) in [6, 6.07) is 20.2. The fourth-order valence-electron chi connectivity index (χ4n) is 4.19. The summed E-state index contributed by atoms with van der Waals surface area (Å²) in [4.78, 5) is 16.8. The summed E-state index contributed by atoms with van der Waals surface area (Å²) < 4.78 is 38.8. The Morgan fingerprint density at radius 2 is 1.57 bits per heavy atom. The normalized spacial score (nSPS) is 13.6. The minimum absolute atomic E-state index is 0.103. The largest absolute Gasteiger partial charge is 0.497 e. The van der Waals surface area contributed by atoms with E-state index in [4.69, 9.17) is 14.7 Å². The summed E-state index contributed by atoms with van der Waals surface area (Å²) in [5, 5.41) is 8.97. The van der Waals surface area contributed by atoms with Crippen molar-refractivity contribution in [3.8, 4) is 17.6 Å². The lowest BCUT2D eigenvalue weighted by molar-refractivity contribution is 0.0746. The number of ether oxygens (including phenoxy) is 2. The molecule has 10 heteroatoms. The summed E-state index contributed by atoms with van der Waals surface area (Å²) in [7, 11) is 0.763. The number of methoxy groups -OCH3 is 2. The monoisotopic (exact) mass is 520 g/mol. The molecule has 1 amide bonds. The molecule has 1 aliphatic heterocycles. The van der Waals surface area contributed by atoms with Gasteiger partial charge in [-0.25, -0.2) is 8.42 Å². The van der Waals surface area contributed by atoms with Gasteiger partial charge in [-0.2, -0.15) is 5.26 Å². The molecule has 4 rings (SSSR count). The van der Waals surface area contributed by atoms with Gasteiger partial charge in [-0.15, -0.1) is 0 Å². The molecule has 0 atom stereocenters. The molecule has 0 aliphatic carbocycles. The van der Waals surface area contributed by atoms with Crippen molar-refractivity contribution in [3.63, 3.8) is 0 Å². The number of rotatable bonds is 7. The number of amides is 1. The Morgan fingerprint density at radius 1 is 0.919 bits per heavy atom. The SMILES string of the molecule is COc1ccc(N(C)S(=O)(=O)c2ccc(OC)c(N3CCN(C(=O)c4ccc(C#N)cc4)CC3)c2)cc1. The van der Waals surface area contributed by atoms with E-state index in [1.807, 2.05) is 11.0 Å². The number of nitriles is 1. The maximum Gasteiger partial charge on any atom is 0.264 e. The molecule has 192 valence electrons. The molecule has 0 aromatic heterocycles. The Morgan fingerprint density at radius 3 is 2.14 bits per heavy atom. The fraction of sp³-hybridized carbons (Fsp3) is 0.259. The number of carbonyl (C=O) groups is 1. The zero-order chi connectivity index (χ0) is 26.6. The molecule has 1 saturated heterocycles. The van der Waals surface area contributed by atoms with Crippen LogP contribution in [0.4, 0.5) is 11.4 Å². The van der Waals surface area contributed by atoms with Crippen LogP contribution in [0.3, 0.4) is 0 Å². The lowest BCUT2D eigenvalue weighted by Gasteiger charge is -2.37. The van der Waals surface area contributed by atoms with E-state index in [9.17, 15) is 13.2 Å². The van der Waals surface area contributed by atoms with Gasteiger partial charge in [-0.3, -0.25) is 9.10 Å². The zero-order valence-corrected chi connectivity index (χ0v) is 21.7. The molecule has 0 saturated carbocycles. The number of sulfonamides is 1. The highest BCUT2D eigenvalue weighted by Crippen LogP contribution is 2.34. The van der Waals surface area contributed by atoms with Crippen LogP contribution in [0.5, 0.6) is 11.5 Å². The van der Waals surface area contributed by atoms with E-state index >= 15 is 0 Å². The Labute approximate surface area is 217 Å². The van der Waals surface area contributed by atoms with Crippen LogP contribution in [0.2, 0.25) is 0 Å². The second-order valence-corrected chi connectivity index (χ2v) is 10.4. The lowest BCUT2D eigenvalue weighted by Crippen LogP contribution is -2.49. The van der Waals surface area contributed by atoms with Crippen molar-refractivity contribution >= 4 is 27.3 Å². The molecule has 1 fully saturated rings. The first-order valence-corrected chi connectivity index (χ1v) is 13.1. The van der Waals surface area contributed by atoms with Crippen molar-refractivity contribution < 1.29 is 22.7 Å². The molecule has 0 unspecified atom stereocenters. The number of anilines is 2. The van der Waals surface area contributed by atoms with Gasteiger partial charge >= 0.3 is 0 Å². The van der Waals surface area contributed by atoms with Gasteiger partial charge in [0, 0.05) is 38.8 Å². The van der Waals surface area contributed by atoms with E-state index in [0.717, 1.165) is 0 Å². The van der Waals surface area contributed by atoms with Gasteiger partial charge in [-0.05, 0) is 66.7 Å². The fourth-order valence-corrected chi connectivity index (χ4v) is 5.40. The van der Waals surface area contributed by atoms with Crippen LogP contribution in [-0.4, -0.2) is 66.7 Å². The molecular weight excluding hydrogens is 492 g/mol. The van der Waals surface area contributed by atoms with Gasteiger partial charge in [0.25, 0.3) is 15.9 Å². The topological polar surface area (TPSA) is 103 Å². The van der Waals surface area contributed by atoms with Crippen molar-refractivity contribution in [2.75, 3.05) is 56.7 Å². The van der Waals surface area contributed by atoms with E-state index in [-0.39, 0.29) is 10.8 Å². The molecule has 3 aromatic rings. The number of hydrogen-bond acceptors (Lipinski definition) is 7. The van der Waals surface area contributed by atoms with E-state index < -0.39 is 10.0 Å². The Kier molecular flexibility index (Phi) is 7.55. The lowest BCUT2D eigenvalue weighted by atomic mass is 10.1. The van der Waals surface area contributed by atoms with Crippen LogP contribution >= 0.6 is 0 Å². The summed E-state index contributed by atoms with van der Waals surface area (Å²) in [6.07, 6.45) is 0. The van der Waals surface area contributed by atoms with Gasteiger partial charge in [-0.1, -0.05) is 0 Å². The first-order valence-electron chi connectivity index (χ1n) is 11.6. The maximum absolute atomic E-state index is 13.4. The maximum atomic E-state index is 13.4. The predicted molar refractivity (Wildman–Crippen MR) is 141 cm³/mol. The number of benzene rings is 3. The van der Waals surface area contributed by atoms with Gasteiger partial charge in [0.1, 0.15) is 11.5 Å². The highest BCUT2D eigenvalue weighted by atomic mass is 32.2. The van der Waals surface area contributed by atoms with Crippen molar-refractivity contribution in [1.29, 1.82) is 5.26 Å². The third kappa shape index (κ3) is 5.32. The van der Waals surface area contributed by atoms with Crippen molar-refractivity contribution in [1.82, 2.24) is 4.90 Å². The quantitative estimate of drug-likeness (QED) is 0.471. The number of nitrogens with zero attached hydrogens (tertiary/aromatic N) is 4. The van der Waals surface area contributed by atoms with Crippen LogP contribution in [0.1, 0.15) is 15.9 Å². The van der Waals surface area contributed by atoms with Gasteiger partial charge in [0.2, 0.25) is 0 Å². The smallest absolute Gasteiger partial charge is 0.264 e. The van der Waals surface area contributed by atoms with Crippen LogP contribution in [-0.2, 0) is 10.0 Å². The zero-order valence-electron chi connectivity index (χ0n) is 20.9. The number of hydrogen-bond donors (Lipinski definition) is 0. The summed E-state index contributed by atoms with van der Waals surface area (Å²) in [6.45, 7) is 1.95. The second kappa shape index (κ2) is 10.8. The summed E-state index contributed by atoms with van der Waals surface area (Å²) in [5.74, 6) is 1.09. The highest BCUT2D eigenvalue weighted by Gasteiger charge is 2.27. The highest BCUT2D eigenvalue weighted by molar-refractivity contribution is 7.92. The van der Waals surface area contributed by atoms with E-state index in [1.165, 1.54) is 17.4 Å². The molecule has 0 N–H and O–H groups in total. The molecule has 0 bridgehead atoms. The van der Waals surface area contributed by atoms with Crippen LogP contribution < -0.4 is 18.7 Å². The Hall–Kier alpha value is -4.23. The average molecular weight is 521 g/mol. The van der Waals surface area contributed by atoms with E-state index in [1.54, 1.807) is 79.8 Å². The van der Waals surface area contributed by atoms with E-state index in [2.05, 4.69) is 0 Å². The van der Waals surface area contributed by atoms with Gasteiger partial charge in [0.15, 0.2) is 0 Å². The van der Waals surface area contributed by atoms with Crippen molar-refractivity contribution in [2.45, 2.75) is 4.90 Å². The van der Waals surface area contributed by atoms with Crippen LogP contribution in [0, 0.1) is 11.3 Å². The third-order valence-electron chi connectivity index (χ3n) is 6.41. The second-order valence-electron chi connectivity index (χ2n) is 8.47. The summed E-state index contributed by atoms with van der Waals surface area (Å²) >= 11 is 0. The number of piperazine rings is 1. The third-order valence-corrected chi connectivity index (χ3v) is 8.19. The Balaban J connectivity index is 1.52.